The molecule has 1 rings (SSSR count). The predicted molar refractivity (Wildman–Crippen MR) is 66.4 cm³/mol. The maximum Gasteiger partial charge on any atom is 0.335 e. The maximum absolute atomic E-state index is 11.5. The summed E-state index contributed by atoms with van der Waals surface area (Å²) in [5.74, 6) is -0.123. The number of carbonyl (C=O) groups is 1. The van der Waals surface area contributed by atoms with Gasteiger partial charge >= 0.3 is 5.97 Å². The molecule has 0 spiro atoms. The van der Waals surface area contributed by atoms with Crippen molar-refractivity contribution in [3.63, 3.8) is 0 Å². The van der Waals surface area contributed by atoms with Crippen LogP contribution in [-0.2, 0) is 14.3 Å². The lowest BCUT2D eigenvalue weighted by atomic mass is 10.2. The minimum atomic E-state index is -0.832. The summed E-state index contributed by atoms with van der Waals surface area (Å²) >= 11 is 1.78. The first kappa shape index (κ1) is 13.6. The number of esters is 1. The number of carbonyl (C=O) groups excluding carboxylic acids is 1. The zero-order chi connectivity index (χ0) is 12.2. The molecule has 0 aromatic heterocycles. The zero-order valence-electron chi connectivity index (χ0n) is 10.2. The van der Waals surface area contributed by atoms with E-state index in [-0.39, 0.29) is 11.2 Å². The molecule has 16 heavy (non-hydrogen) atoms. The summed E-state index contributed by atoms with van der Waals surface area (Å²) in [5.41, 5.74) is 0.407. The molecule has 1 aliphatic rings. The Morgan fingerprint density at radius 1 is 1.56 bits per heavy atom. The lowest BCUT2D eigenvalue weighted by Crippen LogP contribution is -2.44. The van der Waals surface area contributed by atoms with Gasteiger partial charge in [0.2, 0.25) is 5.79 Å². The van der Waals surface area contributed by atoms with Crippen LogP contribution in [0, 0.1) is 0 Å². The standard InChI is InChI=1S/C12H20O3S/c1-9(2)11(13)15-12(4)10(3)16-8-6-5-7-14-12/h10H,1,5-8H2,2-4H3. The van der Waals surface area contributed by atoms with Crippen LogP contribution in [0.15, 0.2) is 12.2 Å². The van der Waals surface area contributed by atoms with Gasteiger partial charge in [0.05, 0.1) is 11.9 Å². The van der Waals surface area contributed by atoms with Crippen molar-refractivity contribution in [2.75, 3.05) is 12.4 Å². The van der Waals surface area contributed by atoms with Gasteiger partial charge < -0.3 is 9.47 Å². The van der Waals surface area contributed by atoms with Crippen LogP contribution < -0.4 is 0 Å². The Bertz CT molecular complexity index is 277. The van der Waals surface area contributed by atoms with Crippen molar-refractivity contribution in [1.29, 1.82) is 0 Å². The Balaban J connectivity index is 2.69. The van der Waals surface area contributed by atoms with E-state index >= 15 is 0 Å². The van der Waals surface area contributed by atoms with E-state index in [2.05, 4.69) is 6.58 Å². The molecule has 0 aromatic rings. The number of thioether (sulfide) groups is 1. The molecule has 92 valence electrons. The van der Waals surface area contributed by atoms with Crippen molar-refractivity contribution < 1.29 is 14.3 Å². The maximum atomic E-state index is 11.5. The Labute approximate surface area is 102 Å². The van der Waals surface area contributed by atoms with Gasteiger partial charge in [0, 0.05) is 12.5 Å². The SMILES string of the molecule is C=C(C)C(=O)OC1(C)OCCCCSC1C. The van der Waals surface area contributed by atoms with E-state index < -0.39 is 5.79 Å². The van der Waals surface area contributed by atoms with E-state index in [0.29, 0.717) is 12.2 Å². The van der Waals surface area contributed by atoms with Crippen LogP contribution in [0.4, 0.5) is 0 Å². The number of rotatable bonds is 2. The monoisotopic (exact) mass is 244 g/mol. The summed E-state index contributed by atoms with van der Waals surface area (Å²) in [7, 11) is 0. The van der Waals surface area contributed by atoms with Gasteiger partial charge in [-0.25, -0.2) is 4.79 Å². The molecular weight excluding hydrogens is 224 g/mol. The van der Waals surface area contributed by atoms with Crippen LogP contribution in [0.1, 0.15) is 33.6 Å². The summed E-state index contributed by atoms with van der Waals surface area (Å²) in [6, 6.07) is 0. The lowest BCUT2D eigenvalue weighted by Gasteiger charge is -2.36. The number of hydrogen-bond acceptors (Lipinski definition) is 4. The zero-order valence-corrected chi connectivity index (χ0v) is 11.1. The van der Waals surface area contributed by atoms with Crippen molar-refractivity contribution in [3.8, 4) is 0 Å². The normalized spacial score (nSPS) is 31.3. The van der Waals surface area contributed by atoms with Crippen molar-refractivity contribution in [3.05, 3.63) is 12.2 Å². The van der Waals surface area contributed by atoms with Gasteiger partial charge in [0.15, 0.2) is 0 Å². The van der Waals surface area contributed by atoms with E-state index in [1.54, 1.807) is 18.7 Å². The molecule has 0 N–H and O–H groups in total. The van der Waals surface area contributed by atoms with Crippen LogP contribution in [-0.4, -0.2) is 29.4 Å². The van der Waals surface area contributed by atoms with E-state index in [9.17, 15) is 4.79 Å². The summed E-state index contributed by atoms with van der Waals surface area (Å²) in [6.45, 7) is 9.73. The minimum Gasteiger partial charge on any atom is -0.429 e. The number of hydrogen-bond donors (Lipinski definition) is 0. The largest absolute Gasteiger partial charge is 0.429 e. The van der Waals surface area contributed by atoms with Gasteiger partial charge in [-0.2, -0.15) is 11.8 Å². The first-order valence-corrected chi connectivity index (χ1v) is 6.65. The van der Waals surface area contributed by atoms with E-state index in [4.69, 9.17) is 9.47 Å². The predicted octanol–water partition coefficient (Wildman–Crippen LogP) is 2.75. The van der Waals surface area contributed by atoms with E-state index in [0.717, 1.165) is 18.6 Å². The Kier molecular flexibility index (Phi) is 4.87. The lowest BCUT2D eigenvalue weighted by molar-refractivity contribution is -0.219. The summed E-state index contributed by atoms with van der Waals surface area (Å²) in [5, 5.41) is 0.135. The Hall–Kier alpha value is -0.480. The van der Waals surface area contributed by atoms with Crippen molar-refractivity contribution >= 4 is 17.7 Å². The molecule has 0 amide bonds. The highest BCUT2D eigenvalue weighted by Gasteiger charge is 2.37. The van der Waals surface area contributed by atoms with Gasteiger partial charge in [-0.3, -0.25) is 0 Å². The molecule has 1 fully saturated rings. The van der Waals surface area contributed by atoms with E-state index in [1.165, 1.54) is 0 Å². The second-order valence-electron chi connectivity index (χ2n) is 4.25. The molecule has 0 aliphatic carbocycles. The fraction of sp³-hybridized carbons (Fsp3) is 0.750. The molecule has 2 atom stereocenters. The first-order chi connectivity index (χ1) is 7.46. The third kappa shape index (κ3) is 3.52. The highest BCUT2D eigenvalue weighted by Crippen LogP contribution is 2.31. The highest BCUT2D eigenvalue weighted by atomic mass is 32.2. The summed E-state index contributed by atoms with van der Waals surface area (Å²) < 4.78 is 11.1. The molecular formula is C12H20O3S. The second kappa shape index (κ2) is 5.73. The Morgan fingerprint density at radius 2 is 2.25 bits per heavy atom. The van der Waals surface area contributed by atoms with Gasteiger partial charge in [-0.15, -0.1) is 0 Å². The second-order valence-corrected chi connectivity index (χ2v) is 5.70. The van der Waals surface area contributed by atoms with Crippen LogP contribution in [0.3, 0.4) is 0 Å². The van der Waals surface area contributed by atoms with Crippen LogP contribution >= 0.6 is 11.8 Å². The molecule has 3 nitrogen and oxygen atoms in total. The quantitative estimate of drug-likeness (QED) is 0.553. The van der Waals surface area contributed by atoms with Crippen molar-refractivity contribution in [2.24, 2.45) is 0 Å². The van der Waals surface area contributed by atoms with Gasteiger partial charge in [-0.05, 0) is 32.4 Å². The first-order valence-electron chi connectivity index (χ1n) is 5.60. The molecule has 0 saturated carbocycles. The average molecular weight is 244 g/mol. The molecule has 4 heteroatoms. The highest BCUT2D eigenvalue weighted by molar-refractivity contribution is 7.99. The Morgan fingerprint density at radius 3 is 2.88 bits per heavy atom. The topological polar surface area (TPSA) is 35.5 Å². The third-order valence-electron chi connectivity index (χ3n) is 2.68. The van der Waals surface area contributed by atoms with Crippen LogP contribution in [0.2, 0.25) is 0 Å². The van der Waals surface area contributed by atoms with E-state index in [1.807, 2.05) is 13.8 Å². The molecule has 0 radical (unpaired) electrons. The van der Waals surface area contributed by atoms with Gasteiger partial charge in [0.25, 0.3) is 0 Å². The fourth-order valence-corrected chi connectivity index (χ4v) is 2.53. The van der Waals surface area contributed by atoms with Gasteiger partial charge in [0.1, 0.15) is 0 Å². The summed E-state index contributed by atoms with van der Waals surface area (Å²) in [6.07, 6.45) is 2.17. The fourth-order valence-electron chi connectivity index (χ4n) is 1.39. The average Bonchev–Trinajstić information content (AvgIpc) is 2.20. The van der Waals surface area contributed by atoms with Gasteiger partial charge in [-0.1, -0.05) is 6.58 Å². The van der Waals surface area contributed by atoms with Crippen LogP contribution in [0.5, 0.6) is 0 Å². The minimum absolute atomic E-state index is 0.135. The smallest absolute Gasteiger partial charge is 0.335 e. The molecule has 2 unspecified atom stereocenters. The van der Waals surface area contributed by atoms with Crippen molar-refractivity contribution in [1.82, 2.24) is 0 Å². The molecule has 1 heterocycles. The molecule has 0 bridgehead atoms. The third-order valence-corrected chi connectivity index (χ3v) is 4.13. The summed E-state index contributed by atoms with van der Waals surface area (Å²) in [4.78, 5) is 11.5. The molecule has 0 aromatic carbocycles. The van der Waals surface area contributed by atoms with Crippen molar-refractivity contribution in [2.45, 2.75) is 44.6 Å². The van der Waals surface area contributed by atoms with Crippen LogP contribution in [0.25, 0.3) is 0 Å². The number of ether oxygens (including phenoxy) is 2. The molecule has 1 aliphatic heterocycles. The molecule has 1 saturated heterocycles.